The molecule has 3 rings (SSSR count). The zero-order chi connectivity index (χ0) is 21.2. The first-order valence-corrected chi connectivity index (χ1v) is 11.8. The molecule has 2 N–H and O–H groups in total. The fraction of sp³-hybridized carbons (Fsp3) is 0.474. The Kier molecular flexibility index (Phi) is 6.45. The molecule has 1 amide bonds. The van der Waals surface area contributed by atoms with Gasteiger partial charge in [0.1, 0.15) is 5.00 Å². The van der Waals surface area contributed by atoms with Crippen molar-refractivity contribution < 1.29 is 27.2 Å². The fourth-order valence-corrected chi connectivity index (χ4v) is 5.35. The van der Waals surface area contributed by atoms with Crippen LogP contribution in [0.4, 0.5) is 5.00 Å². The van der Waals surface area contributed by atoms with Gasteiger partial charge in [-0.1, -0.05) is 13.3 Å². The topological polar surface area (TPSA) is 115 Å². The van der Waals surface area contributed by atoms with Crippen molar-refractivity contribution >= 4 is 38.2 Å². The number of esters is 1. The van der Waals surface area contributed by atoms with Gasteiger partial charge in [-0.2, -0.15) is 0 Å². The number of rotatable bonds is 7. The molecule has 2 heterocycles. The fourth-order valence-electron chi connectivity index (χ4n) is 3.36. The van der Waals surface area contributed by atoms with Crippen molar-refractivity contribution in [2.24, 2.45) is 5.92 Å². The Balaban J connectivity index is 1.91. The van der Waals surface area contributed by atoms with Crippen LogP contribution in [-0.2, 0) is 27.6 Å². The van der Waals surface area contributed by atoms with Crippen molar-refractivity contribution in [3.05, 3.63) is 33.9 Å². The van der Waals surface area contributed by atoms with Crippen molar-refractivity contribution in [1.82, 2.24) is 4.72 Å². The van der Waals surface area contributed by atoms with Gasteiger partial charge in [0, 0.05) is 4.88 Å². The summed E-state index contributed by atoms with van der Waals surface area (Å²) in [6, 6.07) is 2.49. The molecule has 1 unspecified atom stereocenters. The third kappa shape index (κ3) is 4.39. The molecular weight excluding hydrogens is 416 g/mol. The molecule has 1 atom stereocenters. The summed E-state index contributed by atoms with van der Waals surface area (Å²) in [5.74, 6) is -0.697. The molecule has 0 spiro atoms. The number of anilines is 1. The largest absolute Gasteiger partial charge is 0.462 e. The van der Waals surface area contributed by atoms with Gasteiger partial charge < -0.3 is 14.5 Å². The number of carbonyl (C=O) groups excluding carboxylic acids is 2. The van der Waals surface area contributed by atoms with Gasteiger partial charge in [-0.05, 0) is 56.8 Å². The van der Waals surface area contributed by atoms with E-state index in [-0.39, 0.29) is 17.5 Å². The Morgan fingerprint density at radius 3 is 2.72 bits per heavy atom. The number of furan rings is 1. The summed E-state index contributed by atoms with van der Waals surface area (Å²) < 4.78 is 36.1. The Hall–Kier alpha value is -2.17. The highest BCUT2D eigenvalue weighted by Gasteiger charge is 2.30. The lowest BCUT2D eigenvalue weighted by atomic mass is 9.85. The summed E-state index contributed by atoms with van der Waals surface area (Å²) in [6.45, 7) is 4.11. The SMILES string of the molecule is CCOC(=O)c1c(NC(=O)c2ccc(S(=O)(=O)NC)o2)sc2c1CCC(CC)C2. The first kappa shape index (κ1) is 21.5. The van der Waals surface area contributed by atoms with E-state index in [4.69, 9.17) is 9.15 Å². The smallest absolute Gasteiger partial charge is 0.341 e. The average Bonchev–Trinajstić information content (AvgIpc) is 3.32. The highest BCUT2D eigenvalue weighted by atomic mass is 32.2. The second-order valence-electron chi connectivity index (χ2n) is 6.73. The van der Waals surface area contributed by atoms with Crippen LogP contribution in [0.5, 0.6) is 0 Å². The van der Waals surface area contributed by atoms with E-state index in [0.29, 0.717) is 16.5 Å². The van der Waals surface area contributed by atoms with Crippen molar-refractivity contribution in [3.63, 3.8) is 0 Å². The van der Waals surface area contributed by atoms with Gasteiger partial charge in [0.15, 0.2) is 5.76 Å². The van der Waals surface area contributed by atoms with Crippen LogP contribution in [0.2, 0.25) is 0 Å². The Morgan fingerprint density at radius 2 is 2.07 bits per heavy atom. The van der Waals surface area contributed by atoms with E-state index in [0.717, 1.165) is 36.1 Å². The first-order chi connectivity index (χ1) is 13.8. The van der Waals surface area contributed by atoms with E-state index >= 15 is 0 Å². The highest BCUT2D eigenvalue weighted by molar-refractivity contribution is 7.89. The maximum atomic E-state index is 12.6. The summed E-state index contributed by atoms with van der Waals surface area (Å²) >= 11 is 1.37. The number of nitrogens with one attached hydrogen (secondary N) is 2. The van der Waals surface area contributed by atoms with Crippen LogP contribution in [0, 0.1) is 5.92 Å². The van der Waals surface area contributed by atoms with Crippen LogP contribution in [-0.4, -0.2) is 33.9 Å². The highest BCUT2D eigenvalue weighted by Crippen LogP contribution is 2.41. The molecule has 2 aromatic heterocycles. The lowest BCUT2D eigenvalue weighted by Crippen LogP contribution is -2.18. The minimum atomic E-state index is -3.79. The van der Waals surface area contributed by atoms with Crippen molar-refractivity contribution in [2.75, 3.05) is 19.0 Å². The van der Waals surface area contributed by atoms with E-state index in [2.05, 4.69) is 17.0 Å². The Bertz CT molecular complexity index is 1020. The second-order valence-corrected chi connectivity index (χ2v) is 9.65. The van der Waals surface area contributed by atoms with E-state index in [1.165, 1.54) is 30.5 Å². The zero-order valence-corrected chi connectivity index (χ0v) is 18.2. The molecule has 10 heteroatoms. The molecule has 2 aromatic rings. The molecule has 0 bridgehead atoms. The average molecular weight is 441 g/mol. The third-order valence-electron chi connectivity index (χ3n) is 4.99. The summed E-state index contributed by atoms with van der Waals surface area (Å²) in [7, 11) is -2.54. The number of hydrogen-bond acceptors (Lipinski definition) is 7. The third-order valence-corrected chi connectivity index (χ3v) is 7.45. The van der Waals surface area contributed by atoms with E-state index in [9.17, 15) is 18.0 Å². The van der Waals surface area contributed by atoms with Crippen LogP contribution in [0.3, 0.4) is 0 Å². The van der Waals surface area contributed by atoms with Gasteiger partial charge in [-0.3, -0.25) is 4.79 Å². The van der Waals surface area contributed by atoms with Crippen LogP contribution in [0.15, 0.2) is 21.6 Å². The first-order valence-electron chi connectivity index (χ1n) is 9.47. The van der Waals surface area contributed by atoms with Gasteiger partial charge in [-0.15, -0.1) is 11.3 Å². The number of ether oxygens (including phenoxy) is 1. The predicted molar refractivity (Wildman–Crippen MR) is 109 cm³/mol. The summed E-state index contributed by atoms with van der Waals surface area (Å²) in [6.07, 6.45) is 3.68. The van der Waals surface area contributed by atoms with Crippen molar-refractivity contribution in [2.45, 2.75) is 44.6 Å². The summed E-state index contributed by atoms with van der Waals surface area (Å²) in [5, 5.41) is 2.76. The molecule has 158 valence electrons. The molecule has 0 radical (unpaired) electrons. The molecule has 8 nitrogen and oxygen atoms in total. The van der Waals surface area contributed by atoms with Crippen LogP contribution >= 0.6 is 11.3 Å². The van der Waals surface area contributed by atoms with Gasteiger partial charge >= 0.3 is 5.97 Å². The molecule has 1 aliphatic carbocycles. The quantitative estimate of drug-likeness (QED) is 0.639. The molecular formula is C19H24N2O6S2. The maximum absolute atomic E-state index is 12.6. The van der Waals surface area contributed by atoms with Crippen molar-refractivity contribution in [3.8, 4) is 0 Å². The minimum Gasteiger partial charge on any atom is -0.462 e. The zero-order valence-electron chi connectivity index (χ0n) is 16.5. The van der Waals surface area contributed by atoms with Gasteiger partial charge in [-0.25, -0.2) is 17.9 Å². The summed E-state index contributed by atoms with van der Waals surface area (Å²) in [5.41, 5.74) is 1.33. The Labute approximate surface area is 173 Å². The number of amides is 1. The standard InChI is InChI=1S/C19H24N2O6S2/c1-4-11-6-7-12-14(10-11)28-18(16(12)19(23)26-5-2)21-17(22)13-8-9-15(27-13)29(24,25)20-3/h8-9,11,20H,4-7,10H2,1-3H3,(H,21,22). The second kappa shape index (κ2) is 8.68. The number of sulfonamides is 1. The van der Waals surface area contributed by atoms with E-state index in [1.807, 2.05) is 0 Å². The lowest BCUT2D eigenvalue weighted by Gasteiger charge is -2.20. The van der Waals surface area contributed by atoms with Crippen LogP contribution in [0.25, 0.3) is 0 Å². The number of carbonyl (C=O) groups is 2. The summed E-state index contributed by atoms with van der Waals surface area (Å²) in [4.78, 5) is 26.3. The van der Waals surface area contributed by atoms with Gasteiger partial charge in [0.05, 0.1) is 12.2 Å². The van der Waals surface area contributed by atoms with Crippen LogP contribution < -0.4 is 10.0 Å². The van der Waals surface area contributed by atoms with E-state index in [1.54, 1.807) is 6.92 Å². The molecule has 0 fully saturated rings. The molecule has 0 saturated carbocycles. The van der Waals surface area contributed by atoms with Gasteiger partial charge in [0.25, 0.3) is 15.9 Å². The minimum absolute atomic E-state index is 0.161. The van der Waals surface area contributed by atoms with Gasteiger partial charge in [0.2, 0.25) is 5.09 Å². The maximum Gasteiger partial charge on any atom is 0.341 e. The molecule has 29 heavy (non-hydrogen) atoms. The number of fused-ring (bicyclic) bond motifs is 1. The van der Waals surface area contributed by atoms with E-state index < -0.39 is 21.9 Å². The lowest BCUT2D eigenvalue weighted by molar-refractivity contribution is 0.0526. The monoisotopic (exact) mass is 440 g/mol. The number of thiophene rings is 1. The normalized spacial score (nSPS) is 16.3. The van der Waals surface area contributed by atoms with Crippen molar-refractivity contribution in [1.29, 1.82) is 0 Å². The number of hydrogen-bond donors (Lipinski definition) is 2. The Morgan fingerprint density at radius 1 is 1.31 bits per heavy atom. The molecule has 0 saturated heterocycles. The molecule has 0 aliphatic heterocycles. The molecule has 1 aliphatic rings. The van der Waals surface area contributed by atoms with Crippen LogP contribution in [0.1, 0.15) is 58.0 Å². The molecule has 0 aromatic carbocycles. The predicted octanol–water partition coefficient (Wildman–Crippen LogP) is 3.19.